The zero-order valence-corrected chi connectivity index (χ0v) is 30.2. The summed E-state index contributed by atoms with van der Waals surface area (Å²) in [6.07, 6.45) is 13.4. The smallest absolute Gasteiger partial charge is 0.455 e. The van der Waals surface area contributed by atoms with E-state index >= 15 is 0 Å². The molecule has 2 atom stereocenters. The number of quaternary nitrogens is 1. The monoisotopic (exact) mass is 690 g/mol. The lowest BCUT2D eigenvalue weighted by Crippen LogP contribution is -2.63. The summed E-state index contributed by atoms with van der Waals surface area (Å²) in [6.45, 7) is 1.56. The van der Waals surface area contributed by atoms with Gasteiger partial charge >= 0.3 is 19.8 Å². The van der Waals surface area contributed by atoms with E-state index in [9.17, 15) is 33.4 Å². The summed E-state index contributed by atoms with van der Waals surface area (Å²) >= 11 is 0. The Balaban J connectivity index is 2.84. The number of carbonyl (C=O) groups excluding carboxylic acids is 5. The normalized spacial score (nSPS) is 16.8. The van der Waals surface area contributed by atoms with Crippen LogP contribution in [0, 0.1) is 0 Å². The lowest BCUT2D eigenvalue weighted by atomic mass is 9.78. The fraction of sp³-hybridized carbons (Fsp3) is 0.853. The van der Waals surface area contributed by atoms with Crippen molar-refractivity contribution < 1.29 is 56.4 Å². The molecule has 1 unspecified atom stereocenters. The third kappa shape index (κ3) is 18.4. The van der Waals surface area contributed by atoms with Gasteiger partial charge in [0.25, 0.3) is 5.60 Å². The number of phosphoric acid groups is 1. The number of likely N-dealkylation sites (N-methyl/N-ethyl adjacent to an activating group) is 1. The van der Waals surface area contributed by atoms with Crippen LogP contribution < -0.4 is 0 Å². The van der Waals surface area contributed by atoms with E-state index in [1.807, 2.05) is 21.1 Å². The first-order valence-corrected chi connectivity index (χ1v) is 19.1. The number of unbranched alkanes of at least 4 members (excludes halogenated alkanes) is 13. The van der Waals surface area contributed by atoms with Crippen molar-refractivity contribution in [1.82, 2.24) is 0 Å². The molecule has 0 saturated heterocycles. The fourth-order valence-corrected chi connectivity index (χ4v) is 6.11. The number of ether oxygens (including phenoxy) is 2. The topological polar surface area (TPSA) is 160 Å². The number of phosphoric ester groups is 1. The van der Waals surface area contributed by atoms with Crippen molar-refractivity contribution in [2.75, 3.05) is 40.9 Å². The molecular weight excluding hydrogens is 629 g/mol. The average Bonchev–Trinajstić information content (AvgIpc) is 2.99. The predicted molar refractivity (Wildman–Crippen MR) is 177 cm³/mol. The SMILES string of the molecule is CCCCCCCCCCCCCCCC(=O)OC1([C@H](COP(=O)(O)OCC[N+](C)(C)C)OC(=O)CCCC=O)C(=O)CCCC1=O. The van der Waals surface area contributed by atoms with Gasteiger partial charge in [-0.25, -0.2) is 4.57 Å². The van der Waals surface area contributed by atoms with Gasteiger partial charge in [0, 0.05) is 32.1 Å². The van der Waals surface area contributed by atoms with E-state index in [-0.39, 0.29) is 51.6 Å². The summed E-state index contributed by atoms with van der Waals surface area (Å²) in [5.74, 6) is -3.21. The zero-order valence-electron chi connectivity index (χ0n) is 29.3. The van der Waals surface area contributed by atoms with Crippen LogP contribution >= 0.6 is 7.82 Å². The predicted octanol–water partition coefficient (Wildman–Crippen LogP) is 6.19. The quantitative estimate of drug-likeness (QED) is 0.0249. The molecule has 1 aliphatic rings. The van der Waals surface area contributed by atoms with Gasteiger partial charge in [-0.1, -0.05) is 84.0 Å². The molecule has 0 aromatic carbocycles. The van der Waals surface area contributed by atoms with Gasteiger partial charge < -0.3 is 23.6 Å². The highest BCUT2D eigenvalue weighted by Crippen LogP contribution is 2.44. The van der Waals surface area contributed by atoms with Crippen LogP contribution in [0.4, 0.5) is 0 Å². The molecule has 0 bridgehead atoms. The average molecular weight is 691 g/mol. The lowest BCUT2D eigenvalue weighted by molar-refractivity contribution is -0.870. The highest BCUT2D eigenvalue weighted by molar-refractivity contribution is 7.47. The van der Waals surface area contributed by atoms with Crippen LogP contribution in [0.25, 0.3) is 0 Å². The van der Waals surface area contributed by atoms with Crippen molar-refractivity contribution in [3.63, 3.8) is 0 Å². The van der Waals surface area contributed by atoms with Crippen LogP contribution in [0.3, 0.4) is 0 Å². The van der Waals surface area contributed by atoms with Gasteiger partial charge in [-0.3, -0.25) is 28.2 Å². The first-order chi connectivity index (χ1) is 22.3. The van der Waals surface area contributed by atoms with Crippen molar-refractivity contribution >= 4 is 37.6 Å². The van der Waals surface area contributed by atoms with Crippen LogP contribution in [-0.4, -0.2) is 91.8 Å². The summed E-state index contributed by atoms with van der Waals surface area (Å²) in [4.78, 5) is 73.6. The molecule has 0 radical (unpaired) electrons. The number of hydrogen-bond acceptors (Lipinski definition) is 10. The molecule has 0 aliphatic heterocycles. The minimum absolute atomic E-state index is 0.0480. The molecule has 0 spiro atoms. The number of ketones is 2. The van der Waals surface area contributed by atoms with Crippen LogP contribution in [0.2, 0.25) is 0 Å². The Morgan fingerprint density at radius 1 is 0.830 bits per heavy atom. The molecule has 47 heavy (non-hydrogen) atoms. The van der Waals surface area contributed by atoms with Crippen molar-refractivity contribution in [1.29, 1.82) is 0 Å². The molecule has 1 fully saturated rings. The third-order valence-corrected chi connectivity index (χ3v) is 9.22. The van der Waals surface area contributed by atoms with Crippen molar-refractivity contribution in [2.45, 2.75) is 147 Å². The van der Waals surface area contributed by atoms with Gasteiger partial charge in [0.1, 0.15) is 26.0 Å². The van der Waals surface area contributed by atoms with Gasteiger partial charge in [0.2, 0.25) is 0 Å². The van der Waals surface area contributed by atoms with Crippen molar-refractivity contribution in [2.24, 2.45) is 0 Å². The number of carbonyl (C=O) groups is 5. The summed E-state index contributed by atoms with van der Waals surface area (Å²) in [5, 5.41) is 0. The van der Waals surface area contributed by atoms with Crippen LogP contribution in [-0.2, 0) is 47.1 Å². The highest BCUT2D eigenvalue weighted by Gasteiger charge is 2.58. The second-order valence-corrected chi connectivity index (χ2v) is 15.0. The Labute approximate surface area is 281 Å². The Morgan fingerprint density at radius 3 is 1.85 bits per heavy atom. The van der Waals surface area contributed by atoms with Gasteiger partial charge in [0.15, 0.2) is 17.7 Å². The standard InChI is InChI=1S/C34H60NO11P/c1-5-6-7-8-9-10-11-12-13-14-15-16-17-24-33(40)46-34(29(37)21-20-22-30(34)38)31(45-32(39)23-18-19-26-36)28-44-47(41,42)43-27-25-35(2,3)4/h26,31H,5-25,27-28H2,1-4H3/p+1/t31-/m0/s1. The largest absolute Gasteiger partial charge is 0.472 e. The Morgan fingerprint density at radius 2 is 1.34 bits per heavy atom. The van der Waals surface area contributed by atoms with Crippen LogP contribution in [0.1, 0.15) is 135 Å². The maximum absolute atomic E-state index is 13.4. The van der Waals surface area contributed by atoms with Crippen LogP contribution in [0.5, 0.6) is 0 Å². The molecule has 272 valence electrons. The number of hydrogen-bond donors (Lipinski definition) is 1. The molecular formula is C34H61NO11P+. The van der Waals surface area contributed by atoms with Gasteiger partial charge in [0.05, 0.1) is 21.1 Å². The number of Topliss-reactive ketones (excluding diaryl/α,β-unsaturated/α-hetero) is 2. The van der Waals surface area contributed by atoms with E-state index in [0.717, 1.165) is 25.7 Å². The first kappa shape index (κ1) is 43.0. The molecule has 0 aromatic heterocycles. The third-order valence-electron chi connectivity index (χ3n) is 8.23. The maximum Gasteiger partial charge on any atom is 0.472 e. The minimum atomic E-state index is -4.71. The highest BCUT2D eigenvalue weighted by atomic mass is 31.2. The fourth-order valence-electron chi connectivity index (χ4n) is 5.40. The van der Waals surface area contributed by atoms with E-state index in [0.29, 0.717) is 23.7 Å². The Kier molecular flexibility index (Phi) is 21.4. The van der Waals surface area contributed by atoms with E-state index in [1.165, 1.54) is 51.4 Å². The van der Waals surface area contributed by atoms with Gasteiger partial charge in [-0.05, 0) is 19.3 Å². The second kappa shape index (κ2) is 23.4. The number of aldehydes is 1. The number of nitrogens with zero attached hydrogens (tertiary/aromatic N) is 1. The molecule has 1 rings (SSSR count). The number of rotatable bonds is 28. The summed E-state index contributed by atoms with van der Waals surface area (Å²) in [5.41, 5.74) is -2.51. The zero-order chi connectivity index (χ0) is 35.2. The number of esters is 2. The summed E-state index contributed by atoms with van der Waals surface area (Å²) in [6, 6.07) is 0. The molecule has 13 heteroatoms. The lowest BCUT2D eigenvalue weighted by Gasteiger charge is -2.39. The molecule has 0 amide bonds. The van der Waals surface area contributed by atoms with E-state index in [4.69, 9.17) is 18.5 Å². The summed E-state index contributed by atoms with van der Waals surface area (Å²) in [7, 11) is 0.881. The second-order valence-electron chi connectivity index (χ2n) is 13.6. The van der Waals surface area contributed by atoms with Gasteiger partial charge in [-0.2, -0.15) is 0 Å². The van der Waals surface area contributed by atoms with Crippen molar-refractivity contribution in [3.05, 3.63) is 0 Å². The minimum Gasteiger partial charge on any atom is -0.455 e. The molecule has 0 aromatic rings. The van der Waals surface area contributed by atoms with E-state index < -0.39 is 49.6 Å². The molecule has 1 aliphatic carbocycles. The molecule has 0 heterocycles. The van der Waals surface area contributed by atoms with E-state index in [2.05, 4.69) is 6.92 Å². The Bertz CT molecular complexity index is 995. The molecule has 1 N–H and O–H groups in total. The van der Waals surface area contributed by atoms with Gasteiger partial charge in [-0.15, -0.1) is 0 Å². The maximum atomic E-state index is 13.4. The van der Waals surface area contributed by atoms with Crippen molar-refractivity contribution in [3.8, 4) is 0 Å². The first-order valence-electron chi connectivity index (χ1n) is 17.6. The van der Waals surface area contributed by atoms with Crippen LogP contribution in [0.15, 0.2) is 0 Å². The Hall–Kier alpha value is -1.98. The molecule has 1 saturated carbocycles. The summed E-state index contributed by atoms with van der Waals surface area (Å²) < 4.78 is 34.4. The molecule has 12 nitrogen and oxygen atoms in total. The van der Waals surface area contributed by atoms with E-state index in [1.54, 1.807) is 0 Å².